The van der Waals surface area contributed by atoms with Crippen LogP contribution < -0.4 is 0 Å². The van der Waals surface area contributed by atoms with Crippen LogP contribution in [-0.2, 0) is 6.18 Å². The highest BCUT2D eigenvalue weighted by Gasteiger charge is 2.37. The molecule has 4 aromatic rings. The molecule has 204 valence electrons. The van der Waals surface area contributed by atoms with Crippen LogP contribution in [0.2, 0.25) is 0 Å². The van der Waals surface area contributed by atoms with Crippen molar-refractivity contribution in [3.05, 3.63) is 137 Å². The van der Waals surface area contributed by atoms with Crippen LogP contribution in [0.3, 0.4) is 0 Å². The molecule has 0 amide bonds. The van der Waals surface area contributed by atoms with Crippen LogP contribution in [0.5, 0.6) is 0 Å². The summed E-state index contributed by atoms with van der Waals surface area (Å²) in [5.74, 6) is -7.31. The summed E-state index contributed by atoms with van der Waals surface area (Å²) in [5, 5.41) is 0. The van der Waals surface area contributed by atoms with Crippen molar-refractivity contribution in [1.29, 1.82) is 0 Å². The van der Waals surface area contributed by atoms with Crippen molar-refractivity contribution < 1.29 is 39.5 Å². The van der Waals surface area contributed by atoms with Crippen molar-refractivity contribution in [1.82, 2.24) is 0 Å². The van der Waals surface area contributed by atoms with E-state index in [0.717, 1.165) is 24.3 Å². The molecule has 0 saturated carbocycles. The van der Waals surface area contributed by atoms with Gasteiger partial charge in [-0.05, 0) is 52.6 Å². The van der Waals surface area contributed by atoms with Gasteiger partial charge in [0.15, 0.2) is 11.7 Å². The first-order chi connectivity index (χ1) is 18.9. The molecule has 0 fully saturated rings. The molecule has 4 rings (SSSR count). The average Bonchev–Trinajstić information content (AvgIpc) is 2.90. The second-order valence-corrected chi connectivity index (χ2v) is 8.56. The normalized spacial score (nSPS) is 12.5. The fourth-order valence-electron chi connectivity index (χ4n) is 3.94. The Morgan fingerprint density at radius 2 is 1.20 bits per heavy atom. The monoisotopic (exact) mass is 560 g/mol. The van der Waals surface area contributed by atoms with E-state index in [9.17, 15) is 39.5 Å². The Hall–Kier alpha value is -4.53. The van der Waals surface area contributed by atoms with Crippen LogP contribution in [-0.4, -0.2) is 0 Å². The first kappa shape index (κ1) is 28.5. The van der Waals surface area contributed by atoms with Gasteiger partial charge in [0.05, 0.1) is 0 Å². The number of halogens is 9. The fourth-order valence-corrected chi connectivity index (χ4v) is 3.94. The number of hydrogen-bond donors (Lipinski definition) is 0. The van der Waals surface area contributed by atoms with Crippen LogP contribution >= 0.6 is 0 Å². The van der Waals surface area contributed by atoms with Gasteiger partial charge in [0, 0.05) is 16.7 Å². The Morgan fingerprint density at radius 1 is 0.625 bits per heavy atom. The second kappa shape index (κ2) is 11.3. The molecule has 0 nitrogen and oxygen atoms in total. The van der Waals surface area contributed by atoms with Crippen LogP contribution in [0.4, 0.5) is 39.5 Å². The highest BCUT2D eigenvalue weighted by atomic mass is 19.4. The van der Waals surface area contributed by atoms with E-state index in [2.05, 4.69) is 6.58 Å². The Labute approximate surface area is 223 Å². The second-order valence-electron chi connectivity index (χ2n) is 8.56. The van der Waals surface area contributed by atoms with Gasteiger partial charge in [0.25, 0.3) is 0 Å². The van der Waals surface area contributed by atoms with E-state index in [4.69, 9.17) is 0 Å². The average molecular weight is 560 g/mol. The first-order valence-electron chi connectivity index (χ1n) is 11.5. The van der Waals surface area contributed by atoms with Crippen molar-refractivity contribution >= 4 is 18.0 Å². The highest BCUT2D eigenvalue weighted by Crippen LogP contribution is 2.35. The molecule has 0 aliphatic rings. The minimum atomic E-state index is -5.21. The lowest BCUT2D eigenvalue weighted by Crippen LogP contribution is -2.11. The van der Waals surface area contributed by atoms with Gasteiger partial charge in [-0.1, -0.05) is 67.3 Å². The molecular formula is C31H17F9. The Morgan fingerprint density at radius 3 is 1.75 bits per heavy atom. The van der Waals surface area contributed by atoms with E-state index in [-0.39, 0.29) is 27.8 Å². The lowest BCUT2D eigenvalue weighted by Gasteiger charge is -2.10. The van der Waals surface area contributed by atoms with Crippen molar-refractivity contribution in [2.24, 2.45) is 0 Å². The van der Waals surface area contributed by atoms with Crippen LogP contribution in [0.25, 0.3) is 40.2 Å². The van der Waals surface area contributed by atoms with Gasteiger partial charge in [-0.2, -0.15) is 13.2 Å². The van der Waals surface area contributed by atoms with Gasteiger partial charge in [0.1, 0.15) is 28.8 Å². The zero-order chi connectivity index (χ0) is 29.2. The first-order valence-corrected chi connectivity index (χ1v) is 11.5. The molecule has 0 spiro atoms. The minimum absolute atomic E-state index is 0.0172. The summed E-state index contributed by atoms with van der Waals surface area (Å²) in [6.07, 6.45) is -2.31. The molecule has 0 aromatic heterocycles. The van der Waals surface area contributed by atoms with E-state index in [1.54, 1.807) is 6.07 Å². The number of hydrogen-bond acceptors (Lipinski definition) is 0. The summed E-state index contributed by atoms with van der Waals surface area (Å²) in [6.45, 7) is 3.16. The van der Waals surface area contributed by atoms with E-state index in [0.29, 0.717) is 23.3 Å². The topological polar surface area (TPSA) is 0 Å². The summed E-state index contributed by atoms with van der Waals surface area (Å²) in [5.41, 5.74) is -1.18. The Balaban J connectivity index is 1.56. The maximum Gasteiger partial charge on any atom is 0.422 e. The summed E-state index contributed by atoms with van der Waals surface area (Å²) in [4.78, 5) is 0. The third-order valence-corrected chi connectivity index (χ3v) is 5.94. The lowest BCUT2D eigenvalue weighted by molar-refractivity contribution is -0.142. The van der Waals surface area contributed by atoms with Gasteiger partial charge >= 0.3 is 6.18 Å². The Kier molecular flexibility index (Phi) is 8.04. The molecule has 0 heterocycles. The predicted octanol–water partition coefficient (Wildman–Crippen LogP) is 10.6. The minimum Gasteiger partial charge on any atom is -0.206 e. The number of rotatable bonds is 6. The van der Waals surface area contributed by atoms with Crippen molar-refractivity contribution in [2.75, 3.05) is 0 Å². The van der Waals surface area contributed by atoms with Gasteiger partial charge in [-0.15, -0.1) is 0 Å². The van der Waals surface area contributed by atoms with Gasteiger partial charge in [0.2, 0.25) is 0 Å². The standard InChI is InChI=1S/C31H17F9/c1-2-24(32)30(37)20-8-5-18(6-9-20)21-11-12-23(26(34)15-21)22-10-7-19(25(33)16-22)4-3-17-13-27(35)29(28(36)14-17)31(38,39)40/h2-16H,1H2/b4-3+,30-24+. The van der Waals surface area contributed by atoms with Crippen LogP contribution in [0.1, 0.15) is 22.3 Å². The van der Waals surface area contributed by atoms with Crippen molar-refractivity contribution in [2.45, 2.75) is 6.18 Å². The summed E-state index contributed by atoms with van der Waals surface area (Å²) in [7, 11) is 0. The lowest BCUT2D eigenvalue weighted by atomic mass is 9.98. The third kappa shape index (κ3) is 6.03. The molecule has 0 aliphatic carbocycles. The van der Waals surface area contributed by atoms with Gasteiger partial charge in [-0.25, -0.2) is 26.3 Å². The quantitative estimate of drug-likeness (QED) is 0.125. The summed E-state index contributed by atoms with van der Waals surface area (Å²) in [6, 6.07) is 14.4. The zero-order valence-corrected chi connectivity index (χ0v) is 20.3. The van der Waals surface area contributed by atoms with E-state index >= 15 is 0 Å². The third-order valence-electron chi connectivity index (χ3n) is 5.94. The molecule has 0 radical (unpaired) electrons. The van der Waals surface area contributed by atoms with E-state index in [1.807, 2.05) is 0 Å². The molecular weight excluding hydrogens is 543 g/mol. The van der Waals surface area contributed by atoms with E-state index < -0.39 is 46.7 Å². The van der Waals surface area contributed by atoms with Crippen molar-refractivity contribution in [3.8, 4) is 22.3 Å². The number of benzene rings is 4. The maximum atomic E-state index is 15.0. The zero-order valence-electron chi connectivity index (χ0n) is 20.3. The summed E-state index contributed by atoms with van der Waals surface area (Å²) < 4.78 is 123. The van der Waals surface area contributed by atoms with Gasteiger partial charge in [-0.3, -0.25) is 0 Å². The van der Waals surface area contributed by atoms with E-state index in [1.165, 1.54) is 48.5 Å². The molecule has 0 aliphatic heterocycles. The molecule has 0 unspecified atom stereocenters. The highest BCUT2D eigenvalue weighted by molar-refractivity contribution is 5.75. The molecule has 0 N–H and O–H groups in total. The SMILES string of the molecule is C=C/C(F)=C(\F)c1ccc(-c2ccc(-c3ccc(/C=C/c4cc(F)c(C(F)(F)F)c(F)c4)c(F)c3)c(F)c2)cc1. The predicted molar refractivity (Wildman–Crippen MR) is 137 cm³/mol. The molecule has 9 heteroatoms. The summed E-state index contributed by atoms with van der Waals surface area (Å²) >= 11 is 0. The van der Waals surface area contributed by atoms with Crippen molar-refractivity contribution in [3.63, 3.8) is 0 Å². The molecule has 0 saturated heterocycles. The molecule has 0 bridgehead atoms. The smallest absolute Gasteiger partial charge is 0.206 e. The Bertz CT molecular complexity index is 1620. The molecule has 0 atom stereocenters. The van der Waals surface area contributed by atoms with Crippen LogP contribution in [0.15, 0.2) is 91.3 Å². The number of alkyl halides is 3. The maximum absolute atomic E-state index is 15.0. The fraction of sp³-hybridized carbons (Fsp3) is 0.0323. The largest absolute Gasteiger partial charge is 0.422 e. The molecule has 40 heavy (non-hydrogen) atoms. The van der Waals surface area contributed by atoms with Gasteiger partial charge < -0.3 is 0 Å². The van der Waals surface area contributed by atoms with Crippen LogP contribution in [0, 0.1) is 23.3 Å². The number of allylic oxidation sites excluding steroid dienone is 2. The molecule has 4 aromatic carbocycles.